The molecule has 0 aliphatic carbocycles. The van der Waals surface area contributed by atoms with Gasteiger partial charge in [0, 0.05) is 31.9 Å². The van der Waals surface area contributed by atoms with Crippen LogP contribution in [0.5, 0.6) is 5.75 Å². The molecular formula is C13H18ClF2N3O2. The largest absolute Gasteiger partial charge is 0.433 e. The molecule has 0 saturated carbocycles. The summed E-state index contributed by atoms with van der Waals surface area (Å²) in [6, 6.07) is 3.81. The lowest BCUT2D eigenvalue weighted by Crippen LogP contribution is -2.36. The van der Waals surface area contributed by atoms with Gasteiger partial charge in [0.05, 0.1) is 5.02 Å². The maximum atomic E-state index is 12.2. The van der Waals surface area contributed by atoms with E-state index in [4.69, 9.17) is 11.6 Å². The second-order valence-electron chi connectivity index (χ2n) is 4.68. The number of ether oxygens (including phenoxy) is 1. The average Bonchev–Trinajstić information content (AvgIpc) is 2.39. The molecule has 2 amide bonds. The molecule has 0 bridgehead atoms. The number of amides is 2. The number of nitrogens with one attached hydrogen (secondary N) is 1. The van der Waals surface area contributed by atoms with Crippen molar-refractivity contribution in [3.8, 4) is 5.75 Å². The van der Waals surface area contributed by atoms with Crippen LogP contribution in [-0.2, 0) is 0 Å². The number of hydrogen-bond donors (Lipinski definition) is 1. The SMILES string of the molecule is CN(C)CCN(C)C(=O)Nc1ccc(Cl)c(OC(F)F)c1. The molecule has 0 aliphatic rings. The molecule has 8 heteroatoms. The molecule has 0 fully saturated rings. The Kier molecular flexibility index (Phi) is 6.64. The summed E-state index contributed by atoms with van der Waals surface area (Å²) in [5, 5.41) is 2.64. The van der Waals surface area contributed by atoms with E-state index in [1.54, 1.807) is 7.05 Å². The number of halogens is 3. The van der Waals surface area contributed by atoms with Crippen molar-refractivity contribution in [3.05, 3.63) is 23.2 Å². The molecule has 0 aromatic heterocycles. The van der Waals surface area contributed by atoms with Crippen LogP contribution in [0.3, 0.4) is 0 Å². The van der Waals surface area contributed by atoms with Gasteiger partial charge in [-0.05, 0) is 26.2 Å². The number of alkyl halides is 2. The Morgan fingerprint density at radius 1 is 1.33 bits per heavy atom. The van der Waals surface area contributed by atoms with Gasteiger partial charge in [0.1, 0.15) is 5.75 Å². The zero-order valence-electron chi connectivity index (χ0n) is 12.1. The van der Waals surface area contributed by atoms with E-state index in [0.29, 0.717) is 18.8 Å². The van der Waals surface area contributed by atoms with E-state index in [1.807, 2.05) is 19.0 Å². The predicted octanol–water partition coefficient (Wildman–Crippen LogP) is 2.97. The summed E-state index contributed by atoms with van der Waals surface area (Å²) in [6.07, 6.45) is 0. The molecule has 0 atom stereocenters. The molecule has 0 unspecified atom stereocenters. The van der Waals surface area contributed by atoms with Crippen LogP contribution in [0, 0.1) is 0 Å². The van der Waals surface area contributed by atoms with Crippen molar-refractivity contribution in [2.45, 2.75) is 6.61 Å². The van der Waals surface area contributed by atoms with Crippen LogP contribution >= 0.6 is 11.6 Å². The lowest BCUT2D eigenvalue weighted by molar-refractivity contribution is -0.0497. The Morgan fingerprint density at radius 3 is 2.57 bits per heavy atom. The lowest BCUT2D eigenvalue weighted by atomic mass is 10.3. The molecule has 0 aliphatic heterocycles. The minimum Gasteiger partial charge on any atom is -0.433 e. The minimum atomic E-state index is -2.98. The number of hydrogen-bond acceptors (Lipinski definition) is 3. The summed E-state index contributed by atoms with van der Waals surface area (Å²) in [7, 11) is 5.45. The van der Waals surface area contributed by atoms with Gasteiger partial charge in [-0.15, -0.1) is 0 Å². The molecule has 1 aromatic carbocycles. The highest BCUT2D eigenvalue weighted by Crippen LogP contribution is 2.29. The number of nitrogens with zero attached hydrogens (tertiary/aromatic N) is 2. The molecule has 0 heterocycles. The second-order valence-corrected chi connectivity index (χ2v) is 5.09. The highest BCUT2D eigenvalue weighted by Gasteiger charge is 2.12. The maximum absolute atomic E-state index is 12.2. The van der Waals surface area contributed by atoms with Gasteiger partial charge in [-0.1, -0.05) is 11.6 Å². The summed E-state index contributed by atoms with van der Waals surface area (Å²) in [5.74, 6) is -0.180. The van der Waals surface area contributed by atoms with Crippen molar-refractivity contribution >= 4 is 23.3 Å². The first-order valence-corrected chi connectivity index (χ1v) is 6.58. The quantitative estimate of drug-likeness (QED) is 0.876. The van der Waals surface area contributed by atoms with Crippen LogP contribution in [-0.4, -0.2) is 56.7 Å². The number of urea groups is 1. The highest BCUT2D eigenvalue weighted by atomic mass is 35.5. The van der Waals surface area contributed by atoms with Gasteiger partial charge in [0.25, 0.3) is 0 Å². The van der Waals surface area contributed by atoms with E-state index in [0.717, 1.165) is 0 Å². The Bertz CT molecular complexity index is 486. The second kappa shape index (κ2) is 7.99. The topological polar surface area (TPSA) is 44.8 Å². The number of anilines is 1. The third-order valence-corrected chi connectivity index (χ3v) is 2.94. The standard InChI is InChI=1S/C13H18ClF2N3O2/c1-18(2)6-7-19(3)13(20)17-9-4-5-10(14)11(8-9)21-12(15)16/h4-5,8,12H,6-7H2,1-3H3,(H,17,20). The summed E-state index contributed by atoms with van der Waals surface area (Å²) in [6.45, 7) is -1.73. The molecule has 21 heavy (non-hydrogen) atoms. The fourth-order valence-corrected chi connectivity index (χ4v) is 1.60. The van der Waals surface area contributed by atoms with Gasteiger partial charge >= 0.3 is 12.6 Å². The first-order valence-electron chi connectivity index (χ1n) is 6.21. The predicted molar refractivity (Wildman–Crippen MR) is 78.3 cm³/mol. The van der Waals surface area contributed by atoms with Gasteiger partial charge in [-0.2, -0.15) is 8.78 Å². The zero-order valence-corrected chi connectivity index (χ0v) is 12.8. The Balaban J connectivity index is 2.67. The summed E-state index contributed by atoms with van der Waals surface area (Å²) in [5.41, 5.74) is 0.330. The van der Waals surface area contributed by atoms with Gasteiger partial charge in [-0.25, -0.2) is 4.79 Å². The van der Waals surface area contributed by atoms with E-state index < -0.39 is 6.61 Å². The van der Waals surface area contributed by atoms with Gasteiger partial charge in [0.15, 0.2) is 0 Å². The Hall–Kier alpha value is -1.60. The number of benzene rings is 1. The number of likely N-dealkylation sites (N-methyl/N-ethyl adjacent to an activating group) is 2. The van der Waals surface area contributed by atoms with Crippen LogP contribution in [0.15, 0.2) is 18.2 Å². The van der Waals surface area contributed by atoms with Gasteiger partial charge in [-0.3, -0.25) is 0 Å². The maximum Gasteiger partial charge on any atom is 0.387 e. The molecule has 1 rings (SSSR count). The molecule has 0 spiro atoms. The third kappa shape index (κ3) is 6.14. The van der Waals surface area contributed by atoms with E-state index in [-0.39, 0.29) is 16.8 Å². The molecule has 1 N–H and O–H groups in total. The van der Waals surface area contributed by atoms with Crippen LogP contribution in [0.1, 0.15) is 0 Å². The number of carbonyl (C=O) groups excluding carboxylic acids is 1. The molecule has 118 valence electrons. The summed E-state index contributed by atoms with van der Waals surface area (Å²) < 4.78 is 28.7. The van der Waals surface area contributed by atoms with Crippen molar-refractivity contribution < 1.29 is 18.3 Å². The Labute approximate surface area is 127 Å². The fourth-order valence-electron chi connectivity index (χ4n) is 1.44. The third-order valence-electron chi connectivity index (χ3n) is 2.63. The van der Waals surface area contributed by atoms with Gasteiger partial charge in [0.2, 0.25) is 0 Å². The Morgan fingerprint density at radius 2 is 2.00 bits per heavy atom. The van der Waals surface area contributed by atoms with E-state index in [1.165, 1.54) is 23.1 Å². The normalized spacial score (nSPS) is 10.9. The summed E-state index contributed by atoms with van der Waals surface area (Å²) >= 11 is 5.74. The average molecular weight is 322 g/mol. The summed E-state index contributed by atoms with van der Waals surface area (Å²) in [4.78, 5) is 15.4. The molecule has 0 saturated heterocycles. The van der Waals surface area contributed by atoms with E-state index in [2.05, 4.69) is 10.1 Å². The van der Waals surface area contributed by atoms with Crippen molar-refractivity contribution in [1.82, 2.24) is 9.80 Å². The van der Waals surface area contributed by atoms with Crippen molar-refractivity contribution in [2.24, 2.45) is 0 Å². The zero-order chi connectivity index (χ0) is 16.0. The lowest BCUT2D eigenvalue weighted by Gasteiger charge is -2.20. The highest BCUT2D eigenvalue weighted by molar-refractivity contribution is 6.32. The van der Waals surface area contributed by atoms with Crippen LogP contribution in [0.25, 0.3) is 0 Å². The molecular weight excluding hydrogens is 304 g/mol. The first-order chi connectivity index (χ1) is 9.79. The minimum absolute atomic E-state index is 0.0502. The van der Waals surface area contributed by atoms with E-state index >= 15 is 0 Å². The van der Waals surface area contributed by atoms with Crippen LogP contribution in [0.2, 0.25) is 5.02 Å². The molecule has 0 radical (unpaired) electrons. The van der Waals surface area contributed by atoms with Crippen LogP contribution < -0.4 is 10.1 Å². The molecule has 5 nitrogen and oxygen atoms in total. The molecule has 1 aromatic rings. The first kappa shape index (κ1) is 17.5. The van der Waals surface area contributed by atoms with E-state index in [9.17, 15) is 13.6 Å². The number of carbonyl (C=O) groups is 1. The van der Waals surface area contributed by atoms with Crippen molar-refractivity contribution in [2.75, 3.05) is 39.5 Å². The number of rotatable bonds is 6. The smallest absolute Gasteiger partial charge is 0.387 e. The monoisotopic (exact) mass is 321 g/mol. The van der Waals surface area contributed by atoms with Crippen LogP contribution in [0.4, 0.5) is 19.3 Å². The fraction of sp³-hybridized carbons (Fsp3) is 0.462. The van der Waals surface area contributed by atoms with Crippen molar-refractivity contribution in [1.29, 1.82) is 0 Å². The van der Waals surface area contributed by atoms with Gasteiger partial charge < -0.3 is 19.9 Å². The van der Waals surface area contributed by atoms with Crippen molar-refractivity contribution in [3.63, 3.8) is 0 Å².